The number of phenols is 1. The number of phenolic OH excluding ortho intramolecular Hbond substituents is 1. The number of carbonyl (C=O) groups is 1. The molecule has 0 unspecified atom stereocenters. The summed E-state index contributed by atoms with van der Waals surface area (Å²) in [6, 6.07) is 9.20. The highest BCUT2D eigenvalue weighted by Gasteiger charge is 2.47. The normalized spacial score (nSPS) is 14.5. The summed E-state index contributed by atoms with van der Waals surface area (Å²) in [4.78, 5) is 11.9. The highest BCUT2D eigenvalue weighted by molar-refractivity contribution is 5.96. The maximum absolute atomic E-state index is 11.9. The van der Waals surface area contributed by atoms with Crippen molar-refractivity contribution >= 4 is 5.78 Å². The Morgan fingerprint density at radius 2 is 1.89 bits per heavy atom. The van der Waals surface area contributed by atoms with Gasteiger partial charge < -0.3 is 14.6 Å². The lowest BCUT2D eigenvalue weighted by Crippen LogP contribution is -2.19. The lowest BCUT2D eigenvalue weighted by atomic mass is 9.95. The summed E-state index contributed by atoms with van der Waals surface area (Å²) in [6.45, 7) is 9.62. The fraction of sp³-hybridized carbons (Fsp3) is 0.348. The predicted molar refractivity (Wildman–Crippen MR) is 107 cm³/mol. The minimum Gasteiger partial charge on any atom is -0.504 e. The number of carbonyl (C=O) groups excluding carboxylic acids is 1. The van der Waals surface area contributed by atoms with Gasteiger partial charge in [-0.05, 0) is 61.9 Å². The molecule has 1 N–H and O–H groups in total. The molecule has 0 bridgehead atoms. The van der Waals surface area contributed by atoms with Crippen molar-refractivity contribution in [3.8, 4) is 28.4 Å². The Kier molecular flexibility index (Phi) is 5.01. The molecule has 4 nitrogen and oxygen atoms in total. The van der Waals surface area contributed by atoms with E-state index in [1.165, 1.54) is 7.11 Å². The van der Waals surface area contributed by atoms with Gasteiger partial charge in [0.05, 0.1) is 7.11 Å². The summed E-state index contributed by atoms with van der Waals surface area (Å²) in [7, 11) is 1.52. The van der Waals surface area contributed by atoms with E-state index in [-0.39, 0.29) is 11.5 Å². The van der Waals surface area contributed by atoms with Crippen LogP contribution in [0.25, 0.3) is 11.1 Å². The Morgan fingerprint density at radius 1 is 1.19 bits per heavy atom. The molecule has 0 spiro atoms. The highest BCUT2D eigenvalue weighted by atomic mass is 16.5. The first-order chi connectivity index (χ1) is 12.8. The largest absolute Gasteiger partial charge is 0.504 e. The molecule has 1 aliphatic carbocycles. The van der Waals surface area contributed by atoms with Gasteiger partial charge in [0.25, 0.3) is 0 Å². The van der Waals surface area contributed by atoms with Crippen LogP contribution in [-0.2, 0) is 6.42 Å². The molecule has 0 saturated heterocycles. The number of ether oxygens (including phenoxy) is 2. The Bertz CT molecular complexity index is 907. The fourth-order valence-electron chi connectivity index (χ4n) is 3.40. The van der Waals surface area contributed by atoms with Crippen molar-refractivity contribution in [2.24, 2.45) is 0 Å². The van der Waals surface area contributed by atoms with E-state index in [0.717, 1.165) is 47.1 Å². The maximum Gasteiger partial charge on any atom is 0.203 e. The van der Waals surface area contributed by atoms with Gasteiger partial charge in [-0.3, -0.25) is 4.79 Å². The van der Waals surface area contributed by atoms with E-state index in [0.29, 0.717) is 11.5 Å². The maximum atomic E-state index is 11.9. The summed E-state index contributed by atoms with van der Waals surface area (Å²) in [5.74, 6) is 0.909. The highest BCUT2D eigenvalue weighted by Crippen LogP contribution is 2.52. The van der Waals surface area contributed by atoms with E-state index in [1.807, 2.05) is 38.1 Å². The zero-order valence-corrected chi connectivity index (χ0v) is 16.4. The van der Waals surface area contributed by atoms with Gasteiger partial charge in [0.1, 0.15) is 5.60 Å². The molecule has 0 atom stereocenters. The van der Waals surface area contributed by atoms with Gasteiger partial charge in [-0.2, -0.15) is 0 Å². The van der Waals surface area contributed by atoms with Gasteiger partial charge in [0.2, 0.25) is 5.75 Å². The van der Waals surface area contributed by atoms with Gasteiger partial charge >= 0.3 is 0 Å². The Labute approximate surface area is 160 Å². The summed E-state index contributed by atoms with van der Waals surface area (Å²) in [5.41, 5.74) is 4.02. The van der Waals surface area contributed by atoms with E-state index >= 15 is 0 Å². The number of methoxy groups -OCH3 is 1. The summed E-state index contributed by atoms with van der Waals surface area (Å²) < 4.78 is 11.8. The Balaban J connectivity index is 2.16. The predicted octanol–water partition coefficient (Wildman–Crippen LogP) is 5.32. The zero-order valence-electron chi connectivity index (χ0n) is 16.4. The number of Topliss-reactive ketones (excluding diaryl/α,β-unsaturated/α-hetero) is 1. The molecule has 2 aromatic carbocycles. The zero-order chi connectivity index (χ0) is 19.8. The van der Waals surface area contributed by atoms with Crippen molar-refractivity contribution in [3.63, 3.8) is 0 Å². The number of rotatable bonds is 7. The molecule has 0 amide bonds. The number of hydrogen-bond acceptors (Lipinski definition) is 4. The van der Waals surface area contributed by atoms with Gasteiger partial charge in [-0.25, -0.2) is 0 Å². The Morgan fingerprint density at radius 3 is 2.41 bits per heavy atom. The van der Waals surface area contributed by atoms with Crippen molar-refractivity contribution in [1.29, 1.82) is 0 Å². The number of aryl methyl sites for hydroxylation is 1. The van der Waals surface area contributed by atoms with Crippen molar-refractivity contribution in [2.75, 3.05) is 7.11 Å². The molecule has 142 valence electrons. The molecular formula is C23H26O4. The standard InChI is InChI=1S/C23H26O4/c1-6-16-13-17(7-8-18(16)15(4)24)19-9-10-20(25)22(26-5)21(19)27-23(11-12-23)14(2)3/h7-10,13,25H,2,6,11-12H2,1,3-5H3. The fourth-order valence-corrected chi connectivity index (χ4v) is 3.40. The lowest BCUT2D eigenvalue weighted by molar-refractivity contribution is 0.101. The number of aromatic hydroxyl groups is 1. The van der Waals surface area contributed by atoms with E-state index < -0.39 is 5.60 Å². The second-order valence-electron chi connectivity index (χ2n) is 7.15. The average Bonchev–Trinajstić information content (AvgIpc) is 3.42. The first-order valence-corrected chi connectivity index (χ1v) is 9.22. The molecule has 1 saturated carbocycles. The summed E-state index contributed by atoms with van der Waals surface area (Å²) >= 11 is 0. The van der Waals surface area contributed by atoms with Crippen molar-refractivity contribution in [1.82, 2.24) is 0 Å². The topological polar surface area (TPSA) is 55.8 Å². The smallest absolute Gasteiger partial charge is 0.203 e. The van der Waals surface area contributed by atoms with Gasteiger partial charge in [0.15, 0.2) is 17.3 Å². The lowest BCUT2D eigenvalue weighted by Gasteiger charge is -2.23. The first-order valence-electron chi connectivity index (χ1n) is 9.22. The molecule has 2 aromatic rings. The SMILES string of the molecule is C=C(C)C1(Oc2c(-c3ccc(C(C)=O)c(CC)c3)ccc(O)c2OC)CC1. The second kappa shape index (κ2) is 7.10. The van der Waals surface area contributed by atoms with Crippen molar-refractivity contribution in [3.05, 3.63) is 53.6 Å². The van der Waals surface area contributed by atoms with Crippen LogP contribution in [0.3, 0.4) is 0 Å². The van der Waals surface area contributed by atoms with Crippen LogP contribution in [0.1, 0.15) is 49.5 Å². The van der Waals surface area contributed by atoms with E-state index in [1.54, 1.807) is 13.0 Å². The average molecular weight is 366 g/mol. The summed E-state index contributed by atoms with van der Waals surface area (Å²) in [6.07, 6.45) is 2.54. The summed E-state index contributed by atoms with van der Waals surface area (Å²) in [5, 5.41) is 10.3. The third-order valence-electron chi connectivity index (χ3n) is 5.25. The minimum atomic E-state index is -0.400. The van der Waals surface area contributed by atoms with Gasteiger partial charge in [0, 0.05) is 11.1 Å². The third-order valence-corrected chi connectivity index (χ3v) is 5.25. The van der Waals surface area contributed by atoms with Crippen LogP contribution in [0.5, 0.6) is 17.2 Å². The molecule has 27 heavy (non-hydrogen) atoms. The number of hydrogen-bond donors (Lipinski definition) is 1. The molecule has 0 heterocycles. The minimum absolute atomic E-state index is 0.0323. The Hall–Kier alpha value is -2.75. The number of ketones is 1. The van der Waals surface area contributed by atoms with Crippen LogP contribution in [0, 0.1) is 0 Å². The van der Waals surface area contributed by atoms with E-state index in [2.05, 4.69) is 6.58 Å². The molecule has 0 radical (unpaired) electrons. The van der Waals surface area contributed by atoms with Crippen LogP contribution < -0.4 is 9.47 Å². The van der Waals surface area contributed by atoms with Crippen LogP contribution in [-0.4, -0.2) is 23.6 Å². The molecule has 3 rings (SSSR count). The number of benzene rings is 2. The van der Waals surface area contributed by atoms with Gasteiger partial charge in [-0.15, -0.1) is 0 Å². The quantitative estimate of drug-likeness (QED) is 0.532. The molecule has 1 aliphatic rings. The molecule has 0 aliphatic heterocycles. The van der Waals surface area contributed by atoms with Gasteiger partial charge in [-0.1, -0.05) is 31.7 Å². The third kappa shape index (κ3) is 3.44. The van der Waals surface area contributed by atoms with Crippen LogP contribution in [0.15, 0.2) is 42.5 Å². The first kappa shape index (κ1) is 19.0. The van der Waals surface area contributed by atoms with Crippen molar-refractivity contribution in [2.45, 2.75) is 45.6 Å². The monoisotopic (exact) mass is 366 g/mol. The molecule has 1 fully saturated rings. The second-order valence-corrected chi connectivity index (χ2v) is 7.15. The molecule has 0 aromatic heterocycles. The van der Waals surface area contributed by atoms with Crippen LogP contribution >= 0.6 is 0 Å². The molecule has 4 heteroatoms. The van der Waals surface area contributed by atoms with E-state index in [4.69, 9.17) is 9.47 Å². The van der Waals surface area contributed by atoms with E-state index in [9.17, 15) is 9.90 Å². The molecular weight excluding hydrogens is 340 g/mol. The van der Waals surface area contributed by atoms with Crippen LogP contribution in [0.2, 0.25) is 0 Å². The van der Waals surface area contributed by atoms with Crippen LogP contribution in [0.4, 0.5) is 0 Å². The van der Waals surface area contributed by atoms with Crippen molar-refractivity contribution < 1.29 is 19.4 Å².